The van der Waals surface area contributed by atoms with E-state index in [4.69, 9.17) is 17.3 Å². The highest BCUT2D eigenvalue weighted by molar-refractivity contribution is 6.30. The zero-order valence-corrected chi connectivity index (χ0v) is 7.89. The van der Waals surface area contributed by atoms with Crippen LogP contribution in [-0.4, -0.2) is 6.04 Å². The Balaban J connectivity index is 2.88. The first-order valence-electron chi connectivity index (χ1n) is 3.96. The third-order valence-corrected chi connectivity index (χ3v) is 2.08. The maximum atomic E-state index is 13.3. The van der Waals surface area contributed by atoms with Crippen LogP contribution in [0.15, 0.2) is 30.9 Å². The Morgan fingerprint density at radius 3 is 2.92 bits per heavy atom. The predicted molar refractivity (Wildman–Crippen MR) is 53.3 cm³/mol. The van der Waals surface area contributed by atoms with Gasteiger partial charge in [0.25, 0.3) is 0 Å². The lowest BCUT2D eigenvalue weighted by molar-refractivity contribution is 0.603. The summed E-state index contributed by atoms with van der Waals surface area (Å²) in [6.45, 7) is 3.53. The van der Waals surface area contributed by atoms with Gasteiger partial charge in [-0.1, -0.05) is 29.8 Å². The Kier molecular flexibility index (Phi) is 3.46. The lowest BCUT2D eigenvalue weighted by Crippen LogP contribution is -2.19. The van der Waals surface area contributed by atoms with Gasteiger partial charge in [0, 0.05) is 6.04 Å². The summed E-state index contributed by atoms with van der Waals surface area (Å²) in [4.78, 5) is 0. The average molecular weight is 200 g/mol. The van der Waals surface area contributed by atoms with E-state index in [-0.39, 0.29) is 16.9 Å². The number of nitrogens with two attached hydrogens (primary N) is 1. The summed E-state index contributed by atoms with van der Waals surface area (Å²) < 4.78 is 13.3. The highest BCUT2D eigenvalue weighted by Gasteiger charge is 2.07. The van der Waals surface area contributed by atoms with Crippen molar-refractivity contribution in [1.82, 2.24) is 0 Å². The van der Waals surface area contributed by atoms with Gasteiger partial charge in [-0.15, -0.1) is 6.58 Å². The highest BCUT2D eigenvalue weighted by atomic mass is 35.5. The number of hydrogen-bond donors (Lipinski definition) is 1. The van der Waals surface area contributed by atoms with Crippen LogP contribution < -0.4 is 5.73 Å². The minimum Gasteiger partial charge on any atom is -0.324 e. The van der Waals surface area contributed by atoms with Crippen molar-refractivity contribution in [2.75, 3.05) is 0 Å². The Morgan fingerprint density at radius 2 is 2.31 bits per heavy atom. The molecule has 0 aromatic heterocycles. The van der Waals surface area contributed by atoms with Crippen molar-refractivity contribution in [3.05, 3.63) is 47.3 Å². The third kappa shape index (κ3) is 2.54. The smallest absolute Gasteiger partial charge is 0.145 e. The van der Waals surface area contributed by atoms with Crippen LogP contribution >= 0.6 is 11.6 Å². The van der Waals surface area contributed by atoms with Gasteiger partial charge < -0.3 is 5.73 Å². The second-order valence-corrected chi connectivity index (χ2v) is 3.22. The maximum absolute atomic E-state index is 13.3. The lowest BCUT2D eigenvalue weighted by atomic mass is 10.1. The number of benzene rings is 1. The van der Waals surface area contributed by atoms with Crippen LogP contribution in [0.1, 0.15) is 5.56 Å². The average Bonchev–Trinajstić information content (AvgIpc) is 2.13. The molecule has 0 heterocycles. The van der Waals surface area contributed by atoms with Crippen molar-refractivity contribution >= 4 is 11.6 Å². The van der Waals surface area contributed by atoms with Gasteiger partial charge in [-0.2, -0.15) is 0 Å². The van der Waals surface area contributed by atoms with Gasteiger partial charge in [0.1, 0.15) is 5.82 Å². The molecule has 70 valence electrons. The topological polar surface area (TPSA) is 26.0 Å². The van der Waals surface area contributed by atoms with Crippen LogP contribution in [0, 0.1) is 5.82 Å². The van der Waals surface area contributed by atoms with E-state index in [1.165, 1.54) is 6.07 Å². The number of halogens is 2. The molecule has 13 heavy (non-hydrogen) atoms. The summed E-state index contributed by atoms with van der Waals surface area (Å²) in [7, 11) is 0. The molecule has 0 aliphatic carbocycles. The van der Waals surface area contributed by atoms with E-state index in [1.54, 1.807) is 18.2 Å². The molecule has 0 fully saturated rings. The minimum atomic E-state index is -0.388. The largest absolute Gasteiger partial charge is 0.324 e. The second kappa shape index (κ2) is 4.40. The summed E-state index contributed by atoms with van der Waals surface area (Å²) in [5.41, 5.74) is 6.12. The van der Waals surface area contributed by atoms with Gasteiger partial charge in [-0.05, 0) is 18.1 Å². The fourth-order valence-electron chi connectivity index (χ4n) is 1.04. The first-order valence-corrected chi connectivity index (χ1v) is 4.34. The van der Waals surface area contributed by atoms with Gasteiger partial charge in [-0.3, -0.25) is 0 Å². The van der Waals surface area contributed by atoms with Crippen molar-refractivity contribution in [3.8, 4) is 0 Å². The summed E-state index contributed by atoms with van der Waals surface area (Å²) >= 11 is 5.60. The zero-order valence-electron chi connectivity index (χ0n) is 7.13. The molecule has 3 heteroatoms. The summed E-state index contributed by atoms with van der Waals surface area (Å²) in [6, 6.07) is 4.66. The quantitative estimate of drug-likeness (QED) is 0.744. The van der Waals surface area contributed by atoms with Crippen molar-refractivity contribution in [3.63, 3.8) is 0 Å². The molecule has 0 saturated heterocycles. The first kappa shape index (κ1) is 10.2. The molecule has 1 unspecified atom stereocenters. The fraction of sp³-hybridized carbons (Fsp3) is 0.200. The standard InChI is InChI=1S/C10H11ClFN/c1-2-8(13)6-7-4-3-5-9(11)10(7)12/h2-5,8H,1,6,13H2. The number of rotatable bonds is 3. The third-order valence-electron chi connectivity index (χ3n) is 1.79. The molecule has 1 nitrogen and oxygen atoms in total. The predicted octanol–water partition coefficient (Wildman–Crippen LogP) is 2.53. The molecule has 0 radical (unpaired) electrons. The van der Waals surface area contributed by atoms with E-state index in [9.17, 15) is 4.39 Å². The maximum Gasteiger partial charge on any atom is 0.145 e. The van der Waals surface area contributed by atoms with E-state index in [1.807, 2.05) is 0 Å². The minimum absolute atomic E-state index is 0.133. The van der Waals surface area contributed by atoms with Crippen LogP contribution in [-0.2, 0) is 6.42 Å². The fourth-order valence-corrected chi connectivity index (χ4v) is 1.24. The molecular formula is C10H11ClFN. The molecule has 0 aliphatic rings. The van der Waals surface area contributed by atoms with E-state index in [0.717, 1.165) is 0 Å². The SMILES string of the molecule is C=CC(N)Cc1cccc(Cl)c1F. The summed E-state index contributed by atoms with van der Waals surface area (Å²) in [6.07, 6.45) is 2.01. The summed E-state index contributed by atoms with van der Waals surface area (Å²) in [5, 5.41) is 0.133. The molecule has 0 spiro atoms. The van der Waals surface area contributed by atoms with Crippen LogP contribution in [0.2, 0.25) is 5.02 Å². The van der Waals surface area contributed by atoms with Crippen molar-refractivity contribution in [2.45, 2.75) is 12.5 Å². The van der Waals surface area contributed by atoms with Gasteiger partial charge in [0.05, 0.1) is 5.02 Å². The van der Waals surface area contributed by atoms with E-state index < -0.39 is 0 Å². The van der Waals surface area contributed by atoms with Gasteiger partial charge >= 0.3 is 0 Å². The molecule has 1 atom stereocenters. The molecule has 0 bridgehead atoms. The Hall–Kier alpha value is -0.860. The second-order valence-electron chi connectivity index (χ2n) is 2.82. The van der Waals surface area contributed by atoms with Gasteiger partial charge in [0.15, 0.2) is 0 Å². The Bertz CT molecular complexity index is 312. The van der Waals surface area contributed by atoms with E-state index in [0.29, 0.717) is 12.0 Å². The monoisotopic (exact) mass is 199 g/mol. The van der Waals surface area contributed by atoms with Gasteiger partial charge in [0.2, 0.25) is 0 Å². The van der Waals surface area contributed by atoms with Crippen LogP contribution in [0.25, 0.3) is 0 Å². The van der Waals surface area contributed by atoms with Crippen molar-refractivity contribution in [2.24, 2.45) is 5.73 Å². The zero-order chi connectivity index (χ0) is 9.84. The van der Waals surface area contributed by atoms with Crippen molar-refractivity contribution < 1.29 is 4.39 Å². The Labute approximate surface area is 82.0 Å². The van der Waals surface area contributed by atoms with E-state index in [2.05, 4.69) is 6.58 Å². The summed E-state index contributed by atoms with van der Waals surface area (Å²) in [5.74, 6) is -0.388. The lowest BCUT2D eigenvalue weighted by Gasteiger charge is -2.07. The molecule has 0 saturated carbocycles. The molecule has 1 rings (SSSR count). The van der Waals surface area contributed by atoms with Crippen LogP contribution in [0.4, 0.5) is 4.39 Å². The van der Waals surface area contributed by atoms with Crippen LogP contribution in [0.3, 0.4) is 0 Å². The molecule has 2 N–H and O–H groups in total. The first-order chi connectivity index (χ1) is 6.15. The Morgan fingerprint density at radius 1 is 1.62 bits per heavy atom. The van der Waals surface area contributed by atoms with Crippen LogP contribution in [0.5, 0.6) is 0 Å². The van der Waals surface area contributed by atoms with Gasteiger partial charge in [-0.25, -0.2) is 4.39 Å². The molecule has 1 aromatic carbocycles. The molecule has 1 aromatic rings. The van der Waals surface area contributed by atoms with E-state index >= 15 is 0 Å². The number of hydrogen-bond acceptors (Lipinski definition) is 1. The van der Waals surface area contributed by atoms with Crippen molar-refractivity contribution in [1.29, 1.82) is 0 Å². The highest BCUT2D eigenvalue weighted by Crippen LogP contribution is 2.18. The normalized spacial score (nSPS) is 12.5. The molecular weight excluding hydrogens is 189 g/mol. The molecule has 0 amide bonds. The molecule has 0 aliphatic heterocycles.